The van der Waals surface area contributed by atoms with Crippen molar-refractivity contribution in [1.29, 1.82) is 0 Å². The highest BCUT2D eigenvalue weighted by Gasteiger charge is 2.30. The van der Waals surface area contributed by atoms with Gasteiger partial charge >= 0.3 is 13.8 Å². The third-order valence-corrected chi connectivity index (χ3v) is 15.6. The van der Waals surface area contributed by atoms with Crippen LogP contribution in [0.3, 0.4) is 0 Å². The maximum absolute atomic E-state index is 13.5. The minimum atomic E-state index is -4.45. The number of nitrogens with zero attached hydrogens (tertiary/aromatic N) is 1. The van der Waals surface area contributed by atoms with E-state index in [1.165, 1.54) is 180 Å². The molecule has 0 fully saturated rings. The molecular formula is C69H128N2O7P+. The standard InChI is InChI=1S/C69H127N2O7P/c1-7-10-13-16-19-22-25-27-29-30-31-32-33-34-35-36-37-38-39-40-42-44-47-50-53-56-59-62-69(73)78-67(60-57-54-51-48-45-24-21-18-15-12-9-3)66(65-77-79(74,75)76-64-63-71(4,5)6)70-68(72)61-58-55-52-49-46-43-41-28-26-23-20-17-14-11-8-2/h19,22-23,26-27,29,31-32,34-35,57,60,66-67H,7-18,20-21,24-25,28,30,33,36-56,58-59,61-65H2,1-6H3,(H-,70,72,74,75)/p+1/b22-19-,26-23-,29-27-,32-31-,35-34-,60-57-. The van der Waals surface area contributed by atoms with Gasteiger partial charge in [-0.1, -0.05) is 261 Å². The third-order valence-electron chi connectivity index (χ3n) is 14.6. The summed E-state index contributed by atoms with van der Waals surface area (Å²) in [5.41, 5.74) is 0. The Labute approximate surface area is 489 Å². The van der Waals surface area contributed by atoms with E-state index in [1.54, 1.807) is 0 Å². The Bertz CT molecular complexity index is 1580. The van der Waals surface area contributed by atoms with Gasteiger partial charge in [-0.3, -0.25) is 18.6 Å². The van der Waals surface area contributed by atoms with Crippen molar-refractivity contribution in [3.63, 3.8) is 0 Å². The zero-order valence-electron chi connectivity index (χ0n) is 52.6. The van der Waals surface area contributed by atoms with Gasteiger partial charge in [0.25, 0.3) is 0 Å². The molecule has 0 saturated heterocycles. The van der Waals surface area contributed by atoms with E-state index in [0.29, 0.717) is 17.4 Å². The SMILES string of the molecule is CCCCC/C=C\C/C=C\C/C=C\C/C=C\CCCCCCCCCCCCCC(=O)OC(/C=C\CCCCCCCCCCC)C(COP(=O)(O)OCC[N+](C)(C)C)NC(=O)CCCCCCCCC/C=C\CCCCCC. The van der Waals surface area contributed by atoms with Crippen LogP contribution >= 0.6 is 7.82 Å². The molecule has 2 N–H and O–H groups in total. The number of allylic oxidation sites excluding steroid dienone is 11. The lowest BCUT2D eigenvalue weighted by Crippen LogP contribution is -2.47. The molecule has 9 nitrogen and oxygen atoms in total. The normalized spacial score (nSPS) is 14.1. The first kappa shape index (κ1) is 76.5. The van der Waals surface area contributed by atoms with Crippen LogP contribution in [0.4, 0.5) is 0 Å². The van der Waals surface area contributed by atoms with E-state index < -0.39 is 20.0 Å². The first-order valence-electron chi connectivity index (χ1n) is 33.3. The molecule has 3 unspecified atom stereocenters. The van der Waals surface area contributed by atoms with Crippen molar-refractivity contribution in [3.8, 4) is 0 Å². The van der Waals surface area contributed by atoms with E-state index in [4.69, 9.17) is 13.8 Å². The second-order valence-corrected chi connectivity index (χ2v) is 25.1. The largest absolute Gasteiger partial charge is 0.472 e. The second-order valence-electron chi connectivity index (χ2n) is 23.6. The van der Waals surface area contributed by atoms with E-state index in [0.717, 1.165) is 89.9 Å². The Kier molecular flexibility index (Phi) is 56.7. The minimum absolute atomic E-state index is 0.0376. The van der Waals surface area contributed by atoms with Crippen LogP contribution in [-0.4, -0.2) is 74.3 Å². The number of rotatable bonds is 60. The van der Waals surface area contributed by atoms with E-state index in [2.05, 4.69) is 86.8 Å². The van der Waals surface area contributed by atoms with E-state index >= 15 is 0 Å². The Morgan fingerprint density at radius 2 is 0.772 bits per heavy atom. The number of quaternary nitrogens is 1. The fraction of sp³-hybridized carbons (Fsp3) is 0.797. The molecule has 0 aliphatic carbocycles. The zero-order valence-corrected chi connectivity index (χ0v) is 53.5. The number of nitrogens with one attached hydrogen (secondary N) is 1. The van der Waals surface area contributed by atoms with Crippen LogP contribution < -0.4 is 5.32 Å². The lowest BCUT2D eigenvalue weighted by atomic mass is 10.0. The highest BCUT2D eigenvalue weighted by molar-refractivity contribution is 7.47. The van der Waals surface area contributed by atoms with Crippen molar-refractivity contribution in [2.24, 2.45) is 0 Å². The van der Waals surface area contributed by atoms with Crippen molar-refractivity contribution in [1.82, 2.24) is 5.32 Å². The van der Waals surface area contributed by atoms with Crippen molar-refractivity contribution in [2.75, 3.05) is 40.9 Å². The van der Waals surface area contributed by atoms with Crippen molar-refractivity contribution in [2.45, 2.75) is 315 Å². The number of hydrogen-bond donors (Lipinski definition) is 2. The molecule has 0 aromatic rings. The Morgan fingerprint density at radius 3 is 1.20 bits per heavy atom. The number of unbranched alkanes of at least 4 members (excludes halogenated alkanes) is 34. The highest BCUT2D eigenvalue weighted by atomic mass is 31.2. The number of ether oxygens (including phenoxy) is 1. The van der Waals surface area contributed by atoms with Gasteiger partial charge in [0.05, 0.1) is 33.8 Å². The molecule has 0 aliphatic rings. The van der Waals surface area contributed by atoms with Crippen LogP contribution in [0.1, 0.15) is 303 Å². The van der Waals surface area contributed by atoms with Crippen LogP contribution in [0.2, 0.25) is 0 Å². The molecule has 0 saturated carbocycles. The average molecular weight is 1130 g/mol. The highest BCUT2D eigenvalue weighted by Crippen LogP contribution is 2.43. The molecule has 1 amide bonds. The maximum atomic E-state index is 13.5. The lowest BCUT2D eigenvalue weighted by molar-refractivity contribution is -0.870. The van der Waals surface area contributed by atoms with Gasteiger partial charge in [-0.15, -0.1) is 0 Å². The van der Waals surface area contributed by atoms with Crippen LogP contribution in [0.25, 0.3) is 0 Å². The molecule has 3 atom stereocenters. The molecular weight excluding hydrogens is 1000 g/mol. The van der Waals surface area contributed by atoms with Crippen molar-refractivity contribution in [3.05, 3.63) is 72.9 Å². The van der Waals surface area contributed by atoms with Gasteiger partial charge in [-0.05, 0) is 102 Å². The lowest BCUT2D eigenvalue weighted by Gasteiger charge is -2.27. The maximum Gasteiger partial charge on any atom is 0.472 e. The summed E-state index contributed by atoms with van der Waals surface area (Å²) < 4.78 is 30.7. The third kappa shape index (κ3) is 59.9. The number of phosphoric acid groups is 1. The number of likely N-dealkylation sites (N-methyl/N-ethyl adjacent to an activating group) is 1. The zero-order chi connectivity index (χ0) is 57.9. The van der Waals surface area contributed by atoms with Gasteiger partial charge < -0.3 is 19.4 Å². The molecule has 0 rings (SSSR count). The quantitative estimate of drug-likeness (QED) is 0.0205. The molecule has 0 aromatic carbocycles. The second kappa shape index (κ2) is 58.6. The van der Waals surface area contributed by atoms with E-state index in [1.807, 2.05) is 33.3 Å². The molecule has 10 heteroatoms. The Morgan fingerprint density at radius 1 is 0.443 bits per heavy atom. The molecule has 0 aliphatic heterocycles. The summed E-state index contributed by atoms with van der Waals surface area (Å²) in [7, 11) is 1.49. The predicted molar refractivity (Wildman–Crippen MR) is 341 cm³/mol. The van der Waals surface area contributed by atoms with Gasteiger partial charge in [0.1, 0.15) is 19.3 Å². The Balaban J connectivity index is 5.04. The number of amides is 1. The molecule has 460 valence electrons. The van der Waals surface area contributed by atoms with Crippen LogP contribution in [0, 0.1) is 0 Å². The van der Waals surface area contributed by atoms with Crippen LogP contribution in [0.15, 0.2) is 72.9 Å². The number of carbonyl (C=O) groups is 2. The van der Waals surface area contributed by atoms with E-state index in [-0.39, 0.29) is 31.5 Å². The summed E-state index contributed by atoms with van der Waals surface area (Å²) in [6, 6.07) is -0.853. The summed E-state index contributed by atoms with van der Waals surface area (Å²) >= 11 is 0. The van der Waals surface area contributed by atoms with Gasteiger partial charge in [-0.2, -0.15) is 0 Å². The fourth-order valence-corrected chi connectivity index (χ4v) is 10.2. The number of hydrogen-bond acceptors (Lipinski definition) is 6. The molecule has 0 radical (unpaired) electrons. The summed E-state index contributed by atoms with van der Waals surface area (Å²) in [5.74, 6) is -0.509. The average Bonchev–Trinajstić information content (AvgIpc) is 3.41. The van der Waals surface area contributed by atoms with Crippen LogP contribution in [0.5, 0.6) is 0 Å². The van der Waals surface area contributed by atoms with Crippen molar-refractivity contribution < 1.29 is 37.3 Å². The monoisotopic (exact) mass is 1130 g/mol. The van der Waals surface area contributed by atoms with Gasteiger partial charge in [0, 0.05) is 12.8 Å². The predicted octanol–water partition coefficient (Wildman–Crippen LogP) is 20.8. The number of phosphoric ester groups is 1. The molecule has 0 heterocycles. The molecule has 0 bridgehead atoms. The summed E-state index contributed by atoms with van der Waals surface area (Å²) in [5, 5.41) is 3.06. The minimum Gasteiger partial charge on any atom is -0.456 e. The Hall–Kier alpha value is -2.55. The number of carbonyl (C=O) groups excluding carboxylic acids is 2. The first-order valence-corrected chi connectivity index (χ1v) is 34.8. The van der Waals surface area contributed by atoms with Crippen LogP contribution in [-0.2, 0) is 27.9 Å². The molecule has 79 heavy (non-hydrogen) atoms. The summed E-state index contributed by atoms with van der Waals surface area (Å²) in [6.07, 6.45) is 76.2. The number of esters is 1. The summed E-state index contributed by atoms with van der Waals surface area (Å²) in [4.78, 5) is 37.7. The fourth-order valence-electron chi connectivity index (χ4n) is 9.45. The summed E-state index contributed by atoms with van der Waals surface area (Å²) in [6.45, 7) is 6.98. The van der Waals surface area contributed by atoms with Crippen molar-refractivity contribution >= 4 is 19.7 Å². The van der Waals surface area contributed by atoms with Gasteiger partial charge in [0.15, 0.2) is 0 Å². The smallest absolute Gasteiger partial charge is 0.456 e. The van der Waals surface area contributed by atoms with Gasteiger partial charge in [-0.25, -0.2) is 4.57 Å². The molecule has 0 spiro atoms. The molecule has 0 aromatic heterocycles. The first-order chi connectivity index (χ1) is 38.4. The topological polar surface area (TPSA) is 111 Å². The van der Waals surface area contributed by atoms with Gasteiger partial charge in [0.2, 0.25) is 5.91 Å². The van der Waals surface area contributed by atoms with E-state index in [9.17, 15) is 19.0 Å².